The zero-order chi connectivity index (χ0) is 46.4. The highest BCUT2D eigenvalue weighted by Crippen LogP contribution is 2.22. The number of allylic oxidation sites excluding steroid dienone is 18. The van der Waals surface area contributed by atoms with Crippen molar-refractivity contribution in [3.05, 3.63) is 109 Å². The Balaban J connectivity index is 2.23. The Bertz CT molecular complexity index is 1340. The molecule has 1 saturated heterocycles. The van der Waals surface area contributed by atoms with Crippen molar-refractivity contribution >= 4 is 5.97 Å². The molecule has 1 aliphatic heterocycles. The monoisotopic (exact) mass is 895 g/mol. The lowest BCUT2D eigenvalue weighted by atomic mass is 9.99. The lowest BCUT2D eigenvalue weighted by Gasteiger charge is -2.39. The number of unbranched alkanes of at least 4 members (excludes halogenated alkanes) is 12. The van der Waals surface area contributed by atoms with Gasteiger partial charge >= 0.3 is 5.97 Å². The first-order chi connectivity index (χ1) is 31.4. The quantitative estimate of drug-likeness (QED) is 0.0269. The van der Waals surface area contributed by atoms with E-state index in [0.29, 0.717) is 6.61 Å². The summed E-state index contributed by atoms with van der Waals surface area (Å²) < 4.78 is 22.8. The van der Waals surface area contributed by atoms with Gasteiger partial charge in [0.1, 0.15) is 30.5 Å². The first kappa shape index (κ1) is 58.9. The highest BCUT2D eigenvalue weighted by molar-refractivity contribution is 5.69. The van der Waals surface area contributed by atoms with Gasteiger partial charge in [-0.2, -0.15) is 0 Å². The molecule has 1 rings (SSSR count). The molecular formula is C55H90O9. The van der Waals surface area contributed by atoms with E-state index in [1.54, 1.807) is 0 Å². The molecule has 364 valence electrons. The number of carbonyl (C=O) groups is 1. The minimum absolute atomic E-state index is 0.122. The Morgan fingerprint density at radius 3 is 1.36 bits per heavy atom. The maximum atomic E-state index is 12.8. The van der Waals surface area contributed by atoms with E-state index in [1.165, 1.54) is 25.7 Å². The molecule has 0 bridgehead atoms. The molecule has 6 unspecified atom stereocenters. The van der Waals surface area contributed by atoms with E-state index < -0.39 is 43.4 Å². The summed E-state index contributed by atoms with van der Waals surface area (Å²) in [7, 11) is 0. The van der Waals surface area contributed by atoms with E-state index in [9.17, 15) is 25.2 Å². The zero-order valence-corrected chi connectivity index (χ0v) is 40.0. The van der Waals surface area contributed by atoms with Crippen LogP contribution in [-0.2, 0) is 23.7 Å². The second-order valence-corrected chi connectivity index (χ2v) is 16.5. The summed E-state index contributed by atoms with van der Waals surface area (Å²) in [4.78, 5) is 12.8. The summed E-state index contributed by atoms with van der Waals surface area (Å²) in [6.07, 6.45) is 56.9. The van der Waals surface area contributed by atoms with Crippen molar-refractivity contribution < 1.29 is 44.2 Å². The maximum Gasteiger partial charge on any atom is 0.306 e. The zero-order valence-electron chi connectivity index (χ0n) is 40.0. The Morgan fingerprint density at radius 1 is 0.500 bits per heavy atom. The third-order valence-corrected chi connectivity index (χ3v) is 10.7. The molecule has 0 spiro atoms. The fourth-order valence-corrected chi connectivity index (χ4v) is 6.86. The van der Waals surface area contributed by atoms with Crippen LogP contribution in [0.2, 0.25) is 0 Å². The van der Waals surface area contributed by atoms with E-state index in [-0.39, 0.29) is 25.6 Å². The van der Waals surface area contributed by atoms with Gasteiger partial charge in [-0.3, -0.25) is 4.79 Å². The number of aliphatic hydroxyl groups is 4. The van der Waals surface area contributed by atoms with Crippen LogP contribution in [0.25, 0.3) is 0 Å². The third kappa shape index (κ3) is 35.2. The molecule has 0 amide bonds. The van der Waals surface area contributed by atoms with Gasteiger partial charge in [0.15, 0.2) is 6.29 Å². The predicted molar refractivity (Wildman–Crippen MR) is 265 cm³/mol. The second-order valence-electron chi connectivity index (χ2n) is 16.5. The number of aliphatic hydroxyl groups excluding tert-OH is 4. The van der Waals surface area contributed by atoms with Gasteiger partial charge in [0.25, 0.3) is 0 Å². The maximum absolute atomic E-state index is 12.8. The number of ether oxygens (including phenoxy) is 4. The number of hydrogen-bond acceptors (Lipinski definition) is 9. The highest BCUT2D eigenvalue weighted by Gasteiger charge is 2.44. The molecule has 4 N–H and O–H groups in total. The van der Waals surface area contributed by atoms with E-state index in [0.717, 1.165) is 122 Å². The molecule has 1 heterocycles. The standard InChI is InChI=1S/C55H90O9/c1-3-5-7-9-11-13-15-17-19-20-21-22-23-24-25-26-27-28-29-31-33-35-37-39-41-43-45-61-47-49(48-62-55-54(60)53(59)52(58)50(46-56)64-55)63-51(57)44-42-40-38-36-34-32-30-18-16-14-12-10-8-6-4-2/h5-8,11-14,17-19,21-22,24-25,27-28,30,49-50,52-56,58-60H,3-4,9-10,15-16,20,23,26,29,31-48H2,1-2H3/b7-5-,8-6-,13-11-,14-12-,19-17-,22-21-,25-24-,28-27-,30-18-. The number of hydrogen-bond donors (Lipinski definition) is 4. The second kappa shape index (κ2) is 45.0. The molecule has 0 aliphatic carbocycles. The Kier molecular flexibility index (Phi) is 41.4. The van der Waals surface area contributed by atoms with E-state index in [4.69, 9.17) is 18.9 Å². The molecule has 0 aromatic carbocycles. The Labute approximate surface area is 389 Å². The van der Waals surface area contributed by atoms with E-state index >= 15 is 0 Å². The van der Waals surface area contributed by atoms with Crippen LogP contribution in [0.5, 0.6) is 0 Å². The van der Waals surface area contributed by atoms with Crippen LogP contribution in [0.15, 0.2) is 109 Å². The normalized spacial score (nSPS) is 20.5. The van der Waals surface area contributed by atoms with Crippen LogP contribution in [0.1, 0.15) is 168 Å². The minimum atomic E-state index is -1.55. The van der Waals surface area contributed by atoms with E-state index in [2.05, 4.69) is 123 Å². The van der Waals surface area contributed by atoms with Crippen LogP contribution >= 0.6 is 0 Å². The van der Waals surface area contributed by atoms with Crippen molar-refractivity contribution in [2.75, 3.05) is 26.4 Å². The Hall–Kier alpha value is -3.15. The Morgan fingerprint density at radius 2 is 0.906 bits per heavy atom. The van der Waals surface area contributed by atoms with Crippen LogP contribution in [0, 0.1) is 0 Å². The molecule has 0 aromatic heterocycles. The average molecular weight is 895 g/mol. The van der Waals surface area contributed by atoms with Crippen molar-refractivity contribution in [2.45, 2.75) is 205 Å². The van der Waals surface area contributed by atoms with Crippen molar-refractivity contribution in [3.8, 4) is 0 Å². The molecule has 0 saturated carbocycles. The summed E-state index contributed by atoms with van der Waals surface area (Å²) in [6.45, 7) is 4.26. The van der Waals surface area contributed by atoms with Gasteiger partial charge in [0.05, 0.1) is 19.8 Å². The first-order valence-electron chi connectivity index (χ1n) is 25.0. The van der Waals surface area contributed by atoms with Crippen LogP contribution in [0.4, 0.5) is 0 Å². The summed E-state index contributed by atoms with van der Waals surface area (Å²) in [6, 6.07) is 0. The fourth-order valence-electron chi connectivity index (χ4n) is 6.86. The van der Waals surface area contributed by atoms with Crippen molar-refractivity contribution in [1.29, 1.82) is 0 Å². The van der Waals surface area contributed by atoms with Crippen molar-refractivity contribution in [2.24, 2.45) is 0 Å². The van der Waals surface area contributed by atoms with Gasteiger partial charge in [-0.25, -0.2) is 0 Å². The van der Waals surface area contributed by atoms with E-state index in [1.807, 2.05) is 0 Å². The SMILES string of the molecule is CC/C=C\C/C=C\C/C=C\C/C=C\C/C=C\C/C=C\CCCCCCCCCOCC(COC1OC(CO)C(O)C(O)C1O)OC(=O)CCCCCCC/C=C\C/C=C\C/C=C\CC. The molecular weight excluding hydrogens is 805 g/mol. The summed E-state index contributed by atoms with van der Waals surface area (Å²) in [5, 5.41) is 40.2. The van der Waals surface area contributed by atoms with Crippen LogP contribution in [0.3, 0.4) is 0 Å². The van der Waals surface area contributed by atoms with Gasteiger partial charge in [-0.1, -0.05) is 175 Å². The van der Waals surface area contributed by atoms with Gasteiger partial charge < -0.3 is 39.4 Å². The molecule has 9 heteroatoms. The average Bonchev–Trinajstić information content (AvgIpc) is 3.30. The van der Waals surface area contributed by atoms with Crippen LogP contribution in [-0.4, -0.2) is 89.6 Å². The van der Waals surface area contributed by atoms with Crippen molar-refractivity contribution in [3.63, 3.8) is 0 Å². The minimum Gasteiger partial charge on any atom is -0.457 e. The molecule has 9 nitrogen and oxygen atoms in total. The van der Waals surface area contributed by atoms with Crippen LogP contribution < -0.4 is 0 Å². The summed E-state index contributed by atoms with van der Waals surface area (Å²) in [5.74, 6) is -0.340. The van der Waals surface area contributed by atoms with Gasteiger partial charge in [-0.15, -0.1) is 0 Å². The molecule has 6 atom stereocenters. The number of carbonyl (C=O) groups excluding carboxylic acids is 1. The fraction of sp³-hybridized carbons (Fsp3) is 0.655. The first-order valence-corrected chi connectivity index (χ1v) is 25.0. The highest BCUT2D eigenvalue weighted by atomic mass is 16.7. The van der Waals surface area contributed by atoms with Gasteiger partial charge in [0, 0.05) is 13.0 Å². The molecule has 1 fully saturated rings. The molecule has 1 aliphatic rings. The lowest BCUT2D eigenvalue weighted by Crippen LogP contribution is -2.59. The molecule has 64 heavy (non-hydrogen) atoms. The predicted octanol–water partition coefficient (Wildman–Crippen LogP) is 12.1. The number of rotatable bonds is 41. The number of esters is 1. The molecule has 0 radical (unpaired) electrons. The topological polar surface area (TPSA) is 135 Å². The van der Waals surface area contributed by atoms with Gasteiger partial charge in [-0.05, 0) is 96.3 Å². The summed E-state index contributed by atoms with van der Waals surface area (Å²) in [5.41, 5.74) is 0. The van der Waals surface area contributed by atoms with Gasteiger partial charge in [0.2, 0.25) is 0 Å². The smallest absolute Gasteiger partial charge is 0.306 e. The lowest BCUT2D eigenvalue weighted by molar-refractivity contribution is -0.305. The third-order valence-electron chi connectivity index (χ3n) is 10.7. The summed E-state index contributed by atoms with van der Waals surface area (Å²) >= 11 is 0. The molecule has 0 aromatic rings. The van der Waals surface area contributed by atoms with Crippen molar-refractivity contribution in [1.82, 2.24) is 0 Å². The largest absolute Gasteiger partial charge is 0.457 e.